The molecule has 1 aromatic carbocycles. The maximum Gasteiger partial charge on any atom is 0.175 e. The van der Waals surface area contributed by atoms with Gasteiger partial charge in [-0.1, -0.05) is 0 Å². The number of aromatic amines is 2. The van der Waals surface area contributed by atoms with E-state index in [0.29, 0.717) is 15.8 Å². The summed E-state index contributed by atoms with van der Waals surface area (Å²) in [6.07, 6.45) is 0. The van der Waals surface area contributed by atoms with Crippen LogP contribution in [-0.4, -0.2) is 17.1 Å². The van der Waals surface area contributed by atoms with Crippen LogP contribution >= 0.6 is 12.2 Å². The largest absolute Gasteiger partial charge is 0.497 e. The summed E-state index contributed by atoms with van der Waals surface area (Å²) in [5.74, 6) is 0.0813. The molecule has 0 aliphatic rings. The maximum atomic E-state index is 7.76. The van der Waals surface area contributed by atoms with Crippen molar-refractivity contribution in [1.82, 2.24) is 9.97 Å². The predicted octanol–water partition coefficient (Wildman–Crippen LogP) is 2.23. The molecule has 1 heterocycles. The molecule has 2 N–H and O–H groups in total. The van der Waals surface area contributed by atoms with E-state index in [1.165, 1.54) is 7.11 Å². The number of fused-ring (bicyclic) bond motifs is 1. The van der Waals surface area contributed by atoms with Crippen molar-refractivity contribution < 1.29 is 8.85 Å². The number of hydrogen-bond donors (Lipinski definition) is 2. The number of nitrogens with one attached hydrogen (secondary N) is 2. The molecule has 0 atom stereocenters. The van der Waals surface area contributed by atoms with Crippen LogP contribution in [0.1, 0.15) is 4.11 Å². The first-order valence-corrected chi connectivity index (χ1v) is 3.72. The average Bonchev–Trinajstić information content (AvgIpc) is 2.58. The third-order valence-electron chi connectivity index (χ3n) is 1.47. The molecule has 0 aliphatic carbocycles. The second kappa shape index (κ2) is 2.64. The Balaban J connectivity index is 3.01. The minimum atomic E-state index is -0.111. The van der Waals surface area contributed by atoms with Crippen LogP contribution in [0.25, 0.3) is 11.0 Å². The van der Waals surface area contributed by atoms with Gasteiger partial charge in [0, 0.05) is 6.04 Å². The highest BCUT2D eigenvalue weighted by atomic mass is 32.1. The lowest BCUT2D eigenvalue weighted by atomic mass is 10.3. The van der Waals surface area contributed by atoms with Gasteiger partial charge in [0.1, 0.15) is 5.75 Å². The third kappa shape index (κ3) is 1.10. The van der Waals surface area contributed by atoms with Crippen LogP contribution in [0.4, 0.5) is 0 Å². The Kier molecular flexibility index (Phi) is 1.03. The van der Waals surface area contributed by atoms with Gasteiger partial charge in [-0.2, -0.15) is 0 Å². The molecule has 0 saturated carbocycles. The van der Waals surface area contributed by atoms with Crippen molar-refractivity contribution in [3.8, 4) is 5.75 Å². The number of aromatic nitrogens is 2. The highest BCUT2D eigenvalue weighted by Crippen LogP contribution is 2.17. The lowest BCUT2D eigenvalue weighted by Gasteiger charge is -1.96. The molecule has 0 saturated heterocycles. The first-order chi connectivity index (χ1) is 7.06. The van der Waals surface area contributed by atoms with Crippen LogP contribution in [0.3, 0.4) is 0 Å². The van der Waals surface area contributed by atoms with E-state index < -0.39 is 0 Å². The topological polar surface area (TPSA) is 40.8 Å². The van der Waals surface area contributed by atoms with Crippen LogP contribution in [0.5, 0.6) is 5.75 Å². The molecule has 0 unspecified atom stereocenters. The van der Waals surface area contributed by atoms with Crippen LogP contribution in [0.15, 0.2) is 18.1 Å². The fraction of sp³-hybridized carbons (Fsp3) is 0.125. The normalized spacial score (nSPS) is 13.9. The average molecular weight is 183 g/mol. The van der Waals surface area contributed by atoms with Gasteiger partial charge in [0.2, 0.25) is 0 Å². The van der Waals surface area contributed by atoms with Gasteiger partial charge >= 0.3 is 0 Å². The molecule has 0 spiro atoms. The Hall–Kier alpha value is -1.29. The van der Waals surface area contributed by atoms with Gasteiger partial charge in [-0.25, -0.2) is 0 Å². The SMILES string of the molecule is [2H]c1c(OC)c([2H])c2[nH]c(=S)[nH]c2c1[2H]. The number of hydrogen-bond acceptors (Lipinski definition) is 2. The first-order valence-electron chi connectivity index (χ1n) is 4.82. The van der Waals surface area contributed by atoms with E-state index in [2.05, 4.69) is 9.97 Å². The van der Waals surface area contributed by atoms with Crippen LogP contribution in [0, 0.1) is 4.77 Å². The van der Waals surface area contributed by atoms with E-state index in [4.69, 9.17) is 21.1 Å². The van der Waals surface area contributed by atoms with Gasteiger partial charge in [-0.15, -0.1) is 0 Å². The lowest BCUT2D eigenvalue weighted by molar-refractivity contribution is 0.415. The van der Waals surface area contributed by atoms with Crippen LogP contribution < -0.4 is 4.74 Å². The number of methoxy groups -OCH3 is 1. The Morgan fingerprint density at radius 2 is 2.17 bits per heavy atom. The Bertz CT molecular complexity index is 590. The summed E-state index contributed by atoms with van der Waals surface area (Å²) in [7, 11) is 1.37. The Morgan fingerprint density at radius 3 is 2.92 bits per heavy atom. The Morgan fingerprint density at radius 1 is 1.42 bits per heavy atom. The maximum absolute atomic E-state index is 7.76. The third-order valence-corrected chi connectivity index (χ3v) is 1.67. The number of imidazole rings is 1. The molecule has 62 valence electrons. The molecule has 3 nitrogen and oxygen atoms in total. The second-order valence-electron chi connectivity index (χ2n) is 2.24. The van der Waals surface area contributed by atoms with Gasteiger partial charge in [-0.3, -0.25) is 0 Å². The highest BCUT2D eigenvalue weighted by Gasteiger charge is 1.96. The van der Waals surface area contributed by atoms with E-state index in [0.717, 1.165) is 0 Å². The molecule has 0 fully saturated rings. The molecule has 2 rings (SSSR count). The fourth-order valence-corrected chi connectivity index (χ4v) is 1.14. The molecular weight excluding hydrogens is 172 g/mol. The van der Waals surface area contributed by atoms with E-state index in [-0.39, 0.29) is 23.9 Å². The Labute approximate surface area is 78.6 Å². The zero-order chi connectivity index (χ0) is 11.2. The summed E-state index contributed by atoms with van der Waals surface area (Å²) >= 11 is 4.88. The lowest BCUT2D eigenvalue weighted by Crippen LogP contribution is -1.80. The molecule has 0 bridgehead atoms. The van der Waals surface area contributed by atoms with Crippen molar-refractivity contribution in [2.75, 3.05) is 7.11 Å². The molecular formula is C8H8N2OS. The van der Waals surface area contributed by atoms with Gasteiger partial charge in [0.15, 0.2) is 4.77 Å². The van der Waals surface area contributed by atoms with Gasteiger partial charge < -0.3 is 14.7 Å². The number of benzene rings is 1. The van der Waals surface area contributed by atoms with Crippen molar-refractivity contribution in [3.05, 3.63) is 22.9 Å². The summed E-state index contributed by atoms with van der Waals surface area (Å²) in [6, 6.07) is -0.0914. The van der Waals surface area contributed by atoms with E-state index in [1.807, 2.05) is 0 Å². The fourth-order valence-electron chi connectivity index (χ4n) is 0.937. The first kappa shape index (κ1) is 4.67. The van der Waals surface area contributed by atoms with E-state index in [1.54, 1.807) is 0 Å². The minimum absolute atomic E-state index is 0.0230. The van der Waals surface area contributed by atoms with Gasteiger partial charge in [0.05, 0.1) is 22.3 Å². The van der Waals surface area contributed by atoms with Gasteiger partial charge in [0.25, 0.3) is 0 Å². The smallest absolute Gasteiger partial charge is 0.175 e. The molecule has 2 aromatic rings. The van der Waals surface area contributed by atoms with Crippen LogP contribution in [-0.2, 0) is 0 Å². The van der Waals surface area contributed by atoms with Crippen molar-refractivity contribution in [3.63, 3.8) is 0 Å². The molecule has 0 aliphatic heterocycles. The van der Waals surface area contributed by atoms with E-state index in [9.17, 15) is 0 Å². The molecule has 0 amide bonds. The van der Waals surface area contributed by atoms with Crippen LogP contribution in [0.2, 0.25) is 0 Å². The molecule has 4 heteroatoms. The minimum Gasteiger partial charge on any atom is -0.497 e. The van der Waals surface area contributed by atoms with Crippen molar-refractivity contribution in [2.45, 2.75) is 0 Å². The zero-order valence-electron chi connectivity index (χ0n) is 9.32. The number of ether oxygens (including phenoxy) is 1. The second-order valence-corrected chi connectivity index (χ2v) is 2.65. The van der Waals surface area contributed by atoms with Crippen molar-refractivity contribution in [2.24, 2.45) is 0 Å². The highest BCUT2D eigenvalue weighted by molar-refractivity contribution is 7.71. The monoisotopic (exact) mass is 183 g/mol. The van der Waals surface area contributed by atoms with Gasteiger partial charge in [-0.05, 0) is 24.3 Å². The standard InChI is InChI=1S/C8H8N2OS/c1-11-5-2-3-6-7(4-5)10-8(12)9-6/h2-4H,1H3,(H2,9,10,12)/i2D,3D,4D. The number of rotatable bonds is 1. The zero-order valence-corrected chi connectivity index (χ0v) is 7.13. The summed E-state index contributed by atoms with van der Waals surface area (Å²) in [6.45, 7) is 0. The summed E-state index contributed by atoms with van der Waals surface area (Å²) in [5.41, 5.74) is 0.772. The summed E-state index contributed by atoms with van der Waals surface area (Å²) in [5, 5.41) is 0. The summed E-state index contributed by atoms with van der Waals surface area (Å²) in [4.78, 5) is 5.49. The van der Waals surface area contributed by atoms with Crippen molar-refractivity contribution in [1.29, 1.82) is 0 Å². The summed E-state index contributed by atoms with van der Waals surface area (Å²) < 4.78 is 28.3. The molecule has 12 heavy (non-hydrogen) atoms. The van der Waals surface area contributed by atoms with E-state index >= 15 is 0 Å². The molecule has 0 radical (unpaired) electrons. The van der Waals surface area contributed by atoms with Crippen molar-refractivity contribution >= 4 is 23.3 Å². The number of H-pyrrole nitrogens is 2. The molecule has 1 aromatic heterocycles. The quantitative estimate of drug-likeness (QED) is 0.666. The predicted molar refractivity (Wildman–Crippen MR) is 50.0 cm³/mol.